The number of rotatable bonds is 5. The lowest BCUT2D eigenvalue weighted by molar-refractivity contribution is -0.140. The summed E-state index contributed by atoms with van der Waals surface area (Å²) in [6, 6.07) is 1.64. The molecule has 15 heavy (non-hydrogen) atoms. The smallest absolute Gasteiger partial charge is 0.306 e. The molecule has 1 unspecified atom stereocenters. The van der Waals surface area contributed by atoms with Crippen molar-refractivity contribution in [2.45, 2.75) is 18.6 Å². The highest BCUT2D eigenvalue weighted by Crippen LogP contribution is 2.06. The lowest BCUT2D eigenvalue weighted by Gasteiger charge is -2.17. The van der Waals surface area contributed by atoms with Crippen molar-refractivity contribution in [1.29, 1.82) is 5.26 Å². The average Bonchev–Trinajstić information content (AvgIpc) is 2.23. The maximum absolute atomic E-state index is 11.5. The van der Waals surface area contributed by atoms with E-state index in [1.807, 2.05) is 0 Å². The molecule has 0 spiro atoms. The second-order valence-electron chi connectivity index (χ2n) is 2.96. The van der Waals surface area contributed by atoms with Gasteiger partial charge in [0.2, 0.25) is 10.0 Å². The van der Waals surface area contributed by atoms with Crippen molar-refractivity contribution in [2.75, 3.05) is 20.7 Å². The molecule has 6 nitrogen and oxygen atoms in total. The summed E-state index contributed by atoms with van der Waals surface area (Å²) in [5, 5.41) is 7.38. The van der Waals surface area contributed by atoms with Crippen LogP contribution in [0.2, 0.25) is 0 Å². The van der Waals surface area contributed by atoms with Gasteiger partial charge in [0.1, 0.15) is 0 Å². The zero-order valence-electron chi connectivity index (χ0n) is 8.93. The third-order valence-corrected chi connectivity index (χ3v) is 3.97. The van der Waals surface area contributed by atoms with Gasteiger partial charge in [-0.05, 0) is 6.92 Å². The van der Waals surface area contributed by atoms with E-state index in [0.717, 1.165) is 4.31 Å². The SMILES string of the molecule is COC(=O)CCN(C)S(=O)(=O)C(C)C#N. The molecule has 0 heterocycles. The van der Waals surface area contributed by atoms with Crippen LogP contribution in [0.5, 0.6) is 0 Å². The summed E-state index contributed by atoms with van der Waals surface area (Å²) in [4.78, 5) is 10.8. The van der Waals surface area contributed by atoms with Gasteiger partial charge >= 0.3 is 5.97 Å². The van der Waals surface area contributed by atoms with Crippen LogP contribution in [0.1, 0.15) is 13.3 Å². The molecule has 0 amide bonds. The van der Waals surface area contributed by atoms with E-state index in [1.54, 1.807) is 6.07 Å². The molecule has 0 aliphatic carbocycles. The number of carbonyl (C=O) groups is 1. The number of ether oxygens (including phenoxy) is 1. The summed E-state index contributed by atoms with van der Waals surface area (Å²) in [6.07, 6.45) is -0.0234. The first-order chi connectivity index (χ1) is 6.86. The number of sulfonamides is 1. The maximum Gasteiger partial charge on any atom is 0.306 e. The predicted octanol–water partition coefficient (Wildman–Crippen LogP) is -0.277. The standard InChI is InChI=1S/C8H14N2O4S/c1-7(6-9)15(12,13)10(2)5-4-8(11)14-3/h7H,4-5H2,1-3H3. The van der Waals surface area contributed by atoms with Crippen LogP contribution in [0.15, 0.2) is 0 Å². The Morgan fingerprint density at radius 3 is 2.53 bits per heavy atom. The van der Waals surface area contributed by atoms with E-state index in [-0.39, 0.29) is 13.0 Å². The molecular formula is C8H14N2O4S. The van der Waals surface area contributed by atoms with Crippen molar-refractivity contribution in [3.63, 3.8) is 0 Å². The lowest BCUT2D eigenvalue weighted by atomic mass is 10.4. The number of hydrogen-bond donors (Lipinski definition) is 0. The van der Waals surface area contributed by atoms with Crippen LogP contribution >= 0.6 is 0 Å². The Balaban J connectivity index is 4.41. The van der Waals surface area contributed by atoms with Crippen LogP contribution < -0.4 is 0 Å². The van der Waals surface area contributed by atoms with Gasteiger partial charge in [-0.3, -0.25) is 4.79 Å². The van der Waals surface area contributed by atoms with Crippen molar-refractivity contribution in [3.8, 4) is 6.07 Å². The zero-order valence-corrected chi connectivity index (χ0v) is 9.74. The van der Waals surface area contributed by atoms with E-state index in [1.165, 1.54) is 21.1 Å². The van der Waals surface area contributed by atoms with Gasteiger partial charge in [-0.15, -0.1) is 0 Å². The number of methoxy groups -OCH3 is 1. The Kier molecular flexibility index (Phi) is 5.25. The highest BCUT2D eigenvalue weighted by atomic mass is 32.2. The number of carbonyl (C=O) groups excluding carboxylic acids is 1. The molecule has 0 aromatic carbocycles. The molecular weight excluding hydrogens is 220 g/mol. The molecule has 0 aromatic heterocycles. The second kappa shape index (κ2) is 5.68. The monoisotopic (exact) mass is 234 g/mol. The van der Waals surface area contributed by atoms with Crippen LogP contribution in [0, 0.1) is 11.3 Å². The first kappa shape index (κ1) is 13.9. The van der Waals surface area contributed by atoms with Gasteiger partial charge in [0, 0.05) is 13.6 Å². The summed E-state index contributed by atoms with van der Waals surface area (Å²) < 4.78 is 28.4. The summed E-state index contributed by atoms with van der Waals surface area (Å²) in [5.41, 5.74) is 0. The molecule has 0 aliphatic heterocycles. The quantitative estimate of drug-likeness (QED) is 0.611. The molecule has 0 N–H and O–H groups in total. The Labute approximate surface area is 89.5 Å². The molecule has 1 atom stereocenters. The first-order valence-corrected chi connectivity index (χ1v) is 5.78. The van der Waals surface area contributed by atoms with Gasteiger partial charge in [0.25, 0.3) is 0 Å². The van der Waals surface area contributed by atoms with Gasteiger partial charge in [-0.25, -0.2) is 12.7 Å². The normalized spacial score (nSPS) is 13.3. The van der Waals surface area contributed by atoms with Gasteiger partial charge < -0.3 is 4.74 Å². The van der Waals surface area contributed by atoms with Crippen LogP contribution in [-0.2, 0) is 19.6 Å². The van der Waals surface area contributed by atoms with E-state index in [4.69, 9.17) is 5.26 Å². The third-order valence-electron chi connectivity index (χ3n) is 1.92. The maximum atomic E-state index is 11.5. The summed E-state index contributed by atoms with van der Waals surface area (Å²) >= 11 is 0. The topological polar surface area (TPSA) is 87.5 Å². The van der Waals surface area contributed by atoms with E-state index in [2.05, 4.69) is 4.74 Å². The van der Waals surface area contributed by atoms with Crippen molar-refractivity contribution >= 4 is 16.0 Å². The molecule has 7 heteroatoms. The minimum absolute atomic E-state index is 0.0149. The second-order valence-corrected chi connectivity index (χ2v) is 5.32. The molecule has 0 saturated carbocycles. The minimum atomic E-state index is -3.63. The number of esters is 1. The molecule has 0 rings (SSSR count). The third kappa shape index (κ3) is 3.85. The summed E-state index contributed by atoms with van der Waals surface area (Å²) in [7, 11) is -1.07. The Hall–Kier alpha value is -1.13. The molecule has 0 fully saturated rings. The molecule has 0 saturated heterocycles. The van der Waals surface area contributed by atoms with E-state index < -0.39 is 21.2 Å². The van der Waals surface area contributed by atoms with Crippen molar-refractivity contribution < 1.29 is 17.9 Å². The van der Waals surface area contributed by atoms with E-state index >= 15 is 0 Å². The summed E-state index contributed by atoms with van der Waals surface area (Å²) in [5.74, 6) is -0.485. The molecule has 0 aromatic rings. The van der Waals surface area contributed by atoms with Crippen molar-refractivity contribution in [3.05, 3.63) is 0 Å². The van der Waals surface area contributed by atoms with Crippen LogP contribution in [0.25, 0.3) is 0 Å². The molecule has 0 aliphatic rings. The largest absolute Gasteiger partial charge is 0.469 e. The highest BCUT2D eigenvalue weighted by Gasteiger charge is 2.25. The number of hydrogen-bond acceptors (Lipinski definition) is 5. The molecule has 86 valence electrons. The Morgan fingerprint density at radius 2 is 2.13 bits per heavy atom. The number of nitrogens with zero attached hydrogens (tertiary/aromatic N) is 2. The van der Waals surface area contributed by atoms with Crippen LogP contribution in [0.3, 0.4) is 0 Å². The first-order valence-electron chi connectivity index (χ1n) is 4.27. The van der Waals surface area contributed by atoms with Crippen LogP contribution in [-0.4, -0.2) is 44.6 Å². The zero-order chi connectivity index (χ0) is 12.1. The number of nitriles is 1. The highest BCUT2D eigenvalue weighted by molar-refractivity contribution is 7.89. The van der Waals surface area contributed by atoms with Crippen molar-refractivity contribution in [1.82, 2.24) is 4.31 Å². The van der Waals surface area contributed by atoms with Gasteiger partial charge in [-0.1, -0.05) is 0 Å². The fourth-order valence-electron chi connectivity index (χ4n) is 0.815. The Morgan fingerprint density at radius 1 is 1.60 bits per heavy atom. The molecule has 0 bridgehead atoms. The van der Waals surface area contributed by atoms with Crippen molar-refractivity contribution in [2.24, 2.45) is 0 Å². The predicted molar refractivity (Wildman–Crippen MR) is 53.3 cm³/mol. The van der Waals surface area contributed by atoms with Crippen LogP contribution in [0.4, 0.5) is 0 Å². The van der Waals surface area contributed by atoms with Gasteiger partial charge in [0.15, 0.2) is 5.25 Å². The van der Waals surface area contributed by atoms with Gasteiger partial charge in [-0.2, -0.15) is 5.26 Å². The minimum Gasteiger partial charge on any atom is -0.469 e. The molecule has 0 radical (unpaired) electrons. The fourth-order valence-corrected chi connectivity index (χ4v) is 1.83. The van der Waals surface area contributed by atoms with E-state index in [0.29, 0.717) is 0 Å². The van der Waals surface area contributed by atoms with E-state index in [9.17, 15) is 13.2 Å². The summed E-state index contributed by atoms with van der Waals surface area (Å²) in [6.45, 7) is 1.31. The Bertz CT molecular complexity index is 357. The van der Waals surface area contributed by atoms with Gasteiger partial charge in [0.05, 0.1) is 19.6 Å². The average molecular weight is 234 g/mol. The fraction of sp³-hybridized carbons (Fsp3) is 0.750. The lowest BCUT2D eigenvalue weighted by Crippen LogP contribution is -2.35.